The molecule has 0 aromatic heterocycles. The van der Waals surface area contributed by atoms with E-state index in [1.54, 1.807) is 6.08 Å². The maximum Gasteiger partial charge on any atom is 0.244 e. The number of amides is 1. The third kappa shape index (κ3) is 3.25. The van der Waals surface area contributed by atoms with E-state index in [9.17, 15) is 9.90 Å². The van der Waals surface area contributed by atoms with Crippen LogP contribution in [0.5, 0.6) is 0 Å². The molecule has 0 radical (unpaired) electrons. The predicted octanol–water partition coefficient (Wildman–Crippen LogP) is 1.47. The van der Waals surface area contributed by atoms with E-state index in [-0.39, 0.29) is 5.91 Å². The molecule has 0 unspecified atom stereocenters. The molecule has 90 valence electrons. The van der Waals surface area contributed by atoms with E-state index in [1.807, 2.05) is 11.8 Å². The Balaban J connectivity index is 1.74. The van der Waals surface area contributed by atoms with E-state index >= 15 is 0 Å². The zero-order valence-electron chi connectivity index (χ0n) is 9.50. The first kappa shape index (κ1) is 12.0. The predicted molar refractivity (Wildman–Crippen MR) is 66.5 cm³/mol. The van der Waals surface area contributed by atoms with Crippen molar-refractivity contribution in [3.8, 4) is 0 Å². The van der Waals surface area contributed by atoms with Crippen LogP contribution in [0.2, 0.25) is 0 Å². The van der Waals surface area contributed by atoms with Crippen molar-refractivity contribution in [3.05, 3.63) is 11.6 Å². The average Bonchev–Trinajstić information content (AvgIpc) is 2.25. The Bertz CT molecular complexity index is 289. The molecule has 1 heterocycles. The molecule has 0 aromatic rings. The summed E-state index contributed by atoms with van der Waals surface area (Å²) < 4.78 is 0. The summed E-state index contributed by atoms with van der Waals surface area (Å²) in [5.41, 5.74) is 0.633. The third-order valence-corrected chi connectivity index (χ3v) is 4.33. The van der Waals surface area contributed by atoms with Crippen LogP contribution in [0.1, 0.15) is 32.1 Å². The van der Waals surface area contributed by atoms with Gasteiger partial charge in [0.2, 0.25) is 5.91 Å². The lowest BCUT2D eigenvalue weighted by Gasteiger charge is -2.36. The lowest BCUT2D eigenvalue weighted by atomic mass is 9.80. The zero-order valence-corrected chi connectivity index (χ0v) is 10.3. The quantitative estimate of drug-likeness (QED) is 0.736. The van der Waals surface area contributed by atoms with Gasteiger partial charge in [0.05, 0.1) is 5.60 Å². The number of nitrogens with one attached hydrogen (secondary N) is 1. The average molecular weight is 241 g/mol. The molecule has 16 heavy (non-hydrogen) atoms. The van der Waals surface area contributed by atoms with E-state index in [4.69, 9.17) is 0 Å². The second kappa shape index (κ2) is 5.23. The van der Waals surface area contributed by atoms with Gasteiger partial charge in [-0.1, -0.05) is 5.57 Å². The van der Waals surface area contributed by atoms with E-state index in [2.05, 4.69) is 5.32 Å². The molecule has 1 saturated carbocycles. The molecule has 1 aliphatic carbocycles. The Labute approximate surface area is 101 Å². The minimum Gasteiger partial charge on any atom is -0.388 e. The molecule has 2 aliphatic rings. The van der Waals surface area contributed by atoms with Crippen molar-refractivity contribution in [1.29, 1.82) is 0 Å². The van der Waals surface area contributed by atoms with Gasteiger partial charge in [-0.3, -0.25) is 4.79 Å². The van der Waals surface area contributed by atoms with Crippen LogP contribution in [0, 0.1) is 0 Å². The van der Waals surface area contributed by atoms with Crippen molar-refractivity contribution in [2.75, 3.05) is 18.1 Å². The van der Waals surface area contributed by atoms with Crippen LogP contribution in [0.3, 0.4) is 0 Å². The van der Waals surface area contributed by atoms with E-state index < -0.39 is 5.60 Å². The zero-order chi connectivity index (χ0) is 11.4. The summed E-state index contributed by atoms with van der Waals surface area (Å²) in [7, 11) is 0. The first-order chi connectivity index (χ1) is 7.68. The summed E-state index contributed by atoms with van der Waals surface area (Å²) in [4.78, 5) is 11.6. The maximum atomic E-state index is 11.6. The molecule has 0 spiro atoms. The Morgan fingerprint density at radius 2 is 2.12 bits per heavy atom. The van der Waals surface area contributed by atoms with Crippen molar-refractivity contribution < 1.29 is 9.90 Å². The van der Waals surface area contributed by atoms with Gasteiger partial charge < -0.3 is 10.4 Å². The Kier molecular flexibility index (Phi) is 3.92. The minimum absolute atomic E-state index is 0.0396. The monoisotopic (exact) mass is 241 g/mol. The second-order valence-electron chi connectivity index (χ2n) is 4.71. The number of hydrogen-bond acceptors (Lipinski definition) is 3. The molecule has 4 heteroatoms. The largest absolute Gasteiger partial charge is 0.388 e. The summed E-state index contributed by atoms with van der Waals surface area (Å²) in [6.07, 6.45) is 6.50. The highest BCUT2D eigenvalue weighted by atomic mass is 32.2. The number of carbonyl (C=O) groups excluding carboxylic acids is 1. The fourth-order valence-electron chi connectivity index (χ4n) is 2.03. The maximum absolute atomic E-state index is 11.6. The Hall–Kier alpha value is -0.480. The van der Waals surface area contributed by atoms with Crippen molar-refractivity contribution in [1.82, 2.24) is 5.32 Å². The van der Waals surface area contributed by atoms with Crippen LogP contribution in [-0.4, -0.2) is 34.7 Å². The van der Waals surface area contributed by atoms with E-state index in [0.717, 1.165) is 43.6 Å². The lowest BCUT2D eigenvalue weighted by molar-refractivity contribution is -0.119. The van der Waals surface area contributed by atoms with Crippen molar-refractivity contribution >= 4 is 17.7 Å². The number of allylic oxidation sites excluding steroid dienone is 1. The molecule has 1 amide bonds. The topological polar surface area (TPSA) is 49.3 Å². The van der Waals surface area contributed by atoms with Crippen LogP contribution in [0.15, 0.2) is 11.6 Å². The van der Waals surface area contributed by atoms with Crippen LogP contribution in [0.25, 0.3) is 0 Å². The number of hydrogen-bond donors (Lipinski definition) is 2. The van der Waals surface area contributed by atoms with Gasteiger partial charge in [-0.05, 0) is 43.6 Å². The van der Waals surface area contributed by atoms with Crippen molar-refractivity contribution in [3.63, 3.8) is 0 Å². The Morgan fingerprint density at radius 3 is 2.69 bits per heavy atom. The summed E-state index contributed by atoms with van der Waals surface area (Å²) in [6.45, 7) is 0.407. The standard InChI is InChI=1S/C12H19NO2S/c14-11(8-10-2-6-16-7-3-10)13-9-12(15)4-1-5-12/h8,15H,1-7,9H2,(H,13,14). The van der Waals surface area contributed by atoms with Gasteiger partial charge in [-0.25, -0.2) is 0 Å². The first-order valence-corrected chi connectivity index (χ1v) is 7.11. The summed E-state index contributed by atoms with van der Waals surface area (Å²) >= 11 is 1.94. The van der Waals surface area contributed by atoms with Gasteiger partial charge in [0.1, 0.15) is 0 Å². The molecule has 1 saturated heterocycles. The third-order valence-electron chi connectivity index (χ3n) is 3.35. The number of carbonyl (C=O) groups is 1. The van der Waals surface area contributed by atoms with E-state index in [1.165, 1.54) is 5.57 Å². The number of rotatable bonds is 3. The molecular weight excluding hydrogens is 222 g/mol. The molecule has 2 rings (SSSR count). The van der Waals surface area contributed by atoms with Gasteiger partial charge in [0, 0.05) is 12.6 Å². The Morgan fingerprint density at radius 1 is 1.44 bits per heavy atom. The second-order valence-corrected chi connectivity index (χ2v) is 5.94. The lowest BCUT2D eigenvalue weighted by Crippen LogP contribution is -2.47. The number of thioether (sulfide) groups is 1. The normalized spacial score (nSPS) is 23.4. The highest BCUT2D eigenvalue weighted by Gasteiger charge is 2.34. The SMILES string of the molecule is O=C(C=C1CCSCC1)NCC1(O)CCC1. The van der Waals surface area contributed by atoms with Gasteiger partial charge in [0.25, 0.3) is 0 Å². The molecule has 2 fully saturated rings. The summed E-state index contributed by atoms with van der Waals surface area (Å²) in [5, 5.41) is 12.6. The van der Waals surface area contributed by atoms with Gasteiger partial charge in [0.15, 0.2) is 0 Å². The molecular formula is C12H19NO2S. The molecule has 3 nitrogen and oxygen atoms in total. The van der Waals surface area contributed by atoms with Crippen molar-refractivity contribution in [2.24, 2.45) is 0 Å². The highest BCUT2D eigenvalue weighted by Crippen LogP contribution is 2.30. The molecule has 0 aromatic carbocycles. The molecule has 2 N–H and O–H groups in total. The van der Waals surface area contributed by atoms with Crippen LogP contribution < -0.4 is 5.32 Å². The van der Waals surface area contributed by atoms with Crippen LogP contribution in [-0.2, 0) is 4.79 Å². The van der Waals surface area contributed by atoms with E-state index in [0.29, 0.717) is 6.54 Å². The van der Waals surface area contributed by atoms with Crippen LogP contribution in [0.4, 0.5) is 0 Å². The molecule has 0 bridgehead atoms. The smallest absolute Gasteiger partial charge is 0.244 e. The van der Waals surface area contributed by atoms with Gasteiger partial charge >= 0.3 is 0 Å². The van der Waals surface area contributed by atoms with Gasteiger partial charge in [-0.15, -0.1) is 0 Å². The van der Waals surface area contributed by atoms with Gasteiger partial charge in [-0.2, -0.15) is 11.8 Å². The first-order valence-electron chi connectivity index (χ1n) is 5.95. The number of aliphatic hydroxyl groups is 1. The van der Waals surface area contributed by atoms with Crippen molar-refractivity contribution in [2.45, 2.75) is 37.7 Å². The fourth-order valence-corrected chi connectivity index (χ4v) is 3.04. The summed E-state index contributed by atoms with van der Waals surface area (Å²) in [6, 6.07) is 0. The van der Waals surface area contributed by atoms with Crippen LogP contribution >= 0.6 is 11.8 Å². The molecule has 0 atom stereocenters. The molecule has 1 aliphatic heterocycles. The highest BCUT2D eigenvalue weighted by molar-refractivity contribution is 7.99. The minimum atomic E-state index is -0.615. The summed E-state index contributed by atoms with van der Waals surface area (Å²) in [5.74, 6) is 2.22. The fraction of sp³-hybridized carbons (Fsp3) is 0.750.